The molecule has 3 amide bonds. The number of likely N-dealkylation sites (N-methyl/N-ethyl adjacent to an activating group) is 1. The van der Waals surface area contributed by atoms with Gasteiger partial charge in [0.1, 0.15) is 16.7 Å². The molecule has 0 bridgehead atoms. The van der Waals surface area contributed by atoms with Gasteiger partial charge in [-0.05, 0) is 56.7 Å². The Kier molecular flexibility index (Phi) is 15.7. The highest BCUT2D eigenvalue weighted by molar-refractivity contribution is 7.09. The molecule has 1 aromatic carbocycles. The predicted octanol–water partition coefficient (Wildman–Crippen LogP) is 4.36. The zero-order valence-electron chi connectivity index (χ0n) is 29.5. The Morgan fingerprint density at radius 2 is 1.78 bits per heavy atom. The van der Waals surface area contributed by atoms with Crippen molar-refractivity contribution in [1.82, 2.24) is 25.8 Å². The quantitative estimate of drug-likeness (QED) is 0.156. The Morgan fingerprint density at radius 1 is 1.06 bits per heavy atom. The van der Waals surface area contributed by atoms with Crippen LogP contribution in [0.5, 0.6) is 0 Å². The molecule has 2 heterocycles. The Hall–Kier alpha value is -3.84. The molecule has 1 saturated heterocycles. The first-order valence-corrected chi connectivity index (χ1v) is 18.2. The van der Waals surface area contributed by atoms with E-state index in [1.807, 2.05) is 70.0 Å². The van der Waals surface area contributed by atoms with Crippen LogP contribution >= 0.6 is 11.3 Å². The van der Waals surface area contributed by atoms with Crippen molar-refractivity contribution < 1.29 is 33.8 Å². The van der Waals surface area contributed by atoms with E-state index in [1.54, 1.807) is 12.3 Å². The maximum Gasteiger partial charge on any atom is 0.306 e. The summed E-state index contributed by atoms with van der Waals surface area (Å²) in [5, 5.41) is 20.5. The summed E-state index contributed by atoms with van der Waals surface area (Å²) in [6.07, 6.45) is 3.49. The molecule has 1 aromatic heterocycles. The van der Waals surface area contributed by atoms with Gasteiger partial charge in [-0.2, -0.15) is 0 Å². The summed E-state index contributed by atoms with van der Waals surface area (Å²) in [4.78, 5) is 70.0. The van der Waals surface area contributed by atoms with E-state index in [4.69, 9.17) is 4.74 Å². The first-order valence-electron chi connectivity index (χ1n) is 17.3. The second kappa shape index (κ2) is 19.4. The molecule has 0 spiro atoms. The smallest absolute Gasteiger partial charge is 0.306 e. The van der Waals surface area contributed by atoms with E-state index < -0.39 is 42.0 Å². The van der Waals surface area contributed by atoms with Gasteiger partial charge in [0.2, 0.25) is 11.8 Å². The van der Waals surface area contributed by atoms with Gasteiger partial charge >= 0.3 is 5.97 Å². The predicted molar refractivity (Wildman–Crippen MR) is 188 cm³/mol. The Balaban J connectivity index is 1.73. The molecule has 13 heteroatoms. The molecule has 0 aliphatic carbocycles. The minimum atomic E-state index is -0.946. The molecule has 3 rings (SSSR count). The molecule has 12 nitrogen and oxygen atoms in total. The van der Waals surface area contributed by atoms with Crippen LogP contribution in [-0.4, -0.2) is 82.9 Å². The summed E-state index contributed by atoms with van der Waals surface area (Å²) in [5.41, 5.74) is 1.08. The van der Waals surface area contributed by atoms with Crippen molar-refractivity contribution in [1.29, 1.82) is 0 Å². The molecule has 0 radical (unpaired) electrons. The van der Waals surface area contributed by atoms with Crippen LogP contribution in [-0.2, 0) is 30.3 Å². The van der Waals surface area contributed by atoms with E-state index in [2.05, 4.69) is 20.9 Å². The number of likely N-dealkylation sites (tertiary alicyclic amines) is 1. The summed E-state index contributed by atoms with van der Waals surface area (Å²) in [6.45, 7) is 10.6. The number of carbonyl (C=O) groups is 5. The second-order valence-corrected chi connectivity index (χ2v) is 14.5. The Morgan fingerprint density at radius 3 is 2.39 bits per heavy atom. The molecule has 2 aromatic rings. The van der Waals surface area contributed by atoms with Crippen LogP contribution in [0.4, 0.5) is 0 Å². The maximum atomic E-state index is 13.7. The van der Waals surface area contributed by atoms with Crippen molar-refractivity contribution in [3.63, 3.8) is 0 Å². The summed E-state index contributed by atoms with van der Waals surface area (Å²) in [6, 6.07) is 7.61. The van der Waals surface area contributed by atoms with Crippen LogP contribution in [0.1, 0.15) is 100 Å². The number of rotatable bonds is 19. The summed E-state index contributed by atoms with van der Waals surface area (Å²) in [5.74, 6) is -2.70. The van der Waals surface area contributed by atoms with E-state index in [0.717, 1.165) is 42.7 Å². The van der Waals surface area contributed by atoms with Crippen LogP contribution in [0.3, 0.4) is 0 Å². The number of hydrogen-bond donors (Lipinski definition) is 4. The summed E-state index contributed by atoms with van der Waals surface area (Å²) in [7, 11) is 1.93. The fourth-order valence-electron chi connectivity index (χ4n) is 6.06. The number of amides is 3. The lowest BCUT2D eigenvalue weighted by Gasteiger charge is -2.34. The number of ether oxygens (including phenoxy) is 1. The first kappa shape index (κ1) is 39.6. The van der Waals surface area contributed by atoms with E-state index in [1.165, 1.54) is 0 Å². The van der Waals surface area contributed by atoms with Gasteiger partial charge < -0.3 is 25.8 Å². The van der Waals surface area contributed by atoms with Crippen molar-refractivity contribution in [3.05, 3.63) is 52.0 Å². The molecular weight excluding hydrogens is 646 g/mol. The molecule has 1 aliphatic heterocycles. The zero-order valence-corrected chi connectivity index (χ0v) is 30.3. The van der Waals surface area contributed by atoms with Crippen LogP contribution < -0.4 is 16.0 Å². The molecule has 1 aliphatic rings. The maximum absolute atomic E-state index is 13.7. The van der Waals surface area contributed by atoms with Gasteiger partial charge in [-0.15, -0.1) is 11.3 Å². The number of carboxylic acid groups (broad SMARTS) is 1. The van der Waals surface area contributed by atoms with Gasteiger partial charge in [0.25, 0.3) is 12.4 Å². The van der Waals surface area contributed by atoms with Crippen LogP contribution in [0.25, 0.3) is 0 Å². The normalized spacial score (nSPS) is 18.7. The Bertz CT molecular complexity index is 1390. The number of nitrogens with one attached hydrogen (secondary N) is 3. The average Bonchev–Trinajstić information content (AvgIpc) is 3.57. The number of hydrogen-bond acceptors (Lipinski definition) is 9. The van der Waals surface area contributed by atoms with Gasteiger partial charge in [-0.3, -0.25) is 28.9 Å². The van der Waals surface area contributed by atoms with Crippen molar-refractivity contribution in [2.24, 2.45) is 17.8 Å². The molecular formula is C36H53N5O7S. The number of carboxylic acids is 1. The number of piperidine rings is 1. The third-order valence-corrected chi connectivity index (χ3v) is 10.4. The number of nitrogens with zero attached hydrogens (tertiary/aromatic N) is 2. The van der Waals surface area contributed by atoms with Crippen molar-refractivity contribution in [2.75, 3.05) is 13.6 Å². The van der Waals surface area contributed by atoms with Crippen molar-refractivity contribution in [2.45, 2.75) is 110 Å². The lowest BCUT2D eigenvalue weighted by atomic mass is 9.94. The number of aliphatic carboxylic acids is 1. The molecule has 270 valence electrons. The molecule has 7 atom stereocenters. The van der Waals surface area contributed by atoms with Crippen molar-refractivity contribution >= 4 is 41.5 Å². The highest BCUT2D eigenvalue weighted by Gasteiger charge is 2.34. The average molecular weight is 700 g/mol. The number of benzene rings is 1. The third kappa shape index (κ3) is 11.9. The van der Waals surface area contributed by atoms with Crippen LogP contribution in [0, 0.1) is 17.8 Å². The summed E-state index contributed by atoms with van der Waals surface area (Å²) >= 11 is 1.16. The Labute approximate surface area is 293 Å². The number of thiazole rings is 1. The first-order chi connectivity index (χ1) is 23.3. The number of carbonyl (C=O) groups excluding carboxylic acids is 4. The van der Waals surface area contributed by atoms with Crippen molar-refractivity contribution in [3.8, 4) is 0 Å². The summed E-state index contributed by atoms with van der Waals surface area (Å²) < 4.78 is 5.45. The van der Waals surface area contributed by atoms with E-state index in [9.17, 15) is 29.1 Å². The minimum Gasteiger partial charge on any atom is -0.481 e. The zero-order chi connectivity index (χ0) is 36.1. The molecule has 0 saturated carbocycles. The van der Waals surface area contributed by atoms with Gasteiger partial charge in [0, 0.05) is 23.9 Å². The monoisotopic (exact) mass is 699 g/mol. The highest BCUT2D eigenvalue weighted by Crippen LogP contribution is 2.28. The lowest BCUT2D eigenvalue weighted by molar-refractivity contribution is -0.141. The van der Waals surface area contributed by atoms with Gasteiger partial charge in [-0.25, -0.2) is 4.98 Å². The van der Waals surface area contributed by atoms with Gasteiger partial charge in [0.05, 0.1) is 12.0 Å². The van der Waals surface area contributed by atoms with E-state index in [-0.39, 0.29) is 48.2 Å². The van der Waals surface area contributed by atoms with Crippen LogP contribution in [0.2, 0.25) is 0 Å². The molecule has 1 fully saturated rings. The number of aromatic nitrogens is 1. The standard InChI is InChI=1S/C36H53N5O7S/c1-7-23(4)31(40-33(44)29-15-11-12-16-41(29)6)34(45)38-27(22(2)3)19-30(48-21-42)35-39-28(20-49-35)32(43)37-26(17-24(5)36(46)47)18-25-13-9-8-10-14-25/h8-10,13-14,20-24,26-27,29-31H,7,11-12,15-19H2,1-6H3,(H,37,43)(H,38,45)(H,40,44)(H,46,47)/t23-,24-,26+,27+,29+,30+,31-/m0/s1. The highest BCUT2D eigenvalue weighted by atomic mass is 32.1. The molecule has 4 N–H and O–H groups in total. The SMILES string of the molecule is CC[C@H](C)[C@H](NC(=O)[C@H]1CCCCN1C)C(=O)N[C@H](C[C@@H](OC=O)c1nc(C(=O)N[C@@H](Cc2ccccc2)C[C@H](C)C(=O)O)cs1)C(C)C. The third-order valence-electron chi connectivity index (χ3n) is 9.44. The molecule has 0 unspecified atom stereocenters. The second-order valence-electron chi connectivity index (χ2n) is 13.6. The lowest BCUT2D eigenvalue weighted by Crippen LogP contribution is -2.57. The van der Waals surface area contributed by atoms with Gasteiger partial charge in [-0.1, -0.05) is 77.8 Å². The topological polar surface area (TPSA) is 167 Å². The minimum absolute atomic E-state index is 0.0582. The molecule has 49 heavy (non-hydrogen) atoms. The van der Waals surface area contributed by atoms with Gasteiger partial charge in [0.15, 0.2) is 6.10 Å². The fourth-order valence-corrected chi connectivity index (χ4v) is 6.91. The fraction of sp³-hybridized carbons (Fsp3) is 0.611. The van der Waals surface area contributed by atoms with E-state index in [0.29, 0.717) is 24.3 Å². The van der Waals surface area contributed by atoms with E-state index >= 15 is 0 Å². The van der Waals surface area contributed by atoms with Crippen LogP contribution in [0.15, 0.2) is 35.7 Å². The largest absolute Gasteiger partial charge is 0.481 e.